The third kappa shape index (κ3) is 9.89. The van der Waals surface area contributed by atoms with Crippen LogP contribution >= 0.6 is 0 Å². The second-order valence-electron chi connectivity index (χ2n) is 4.59. The zero-order valence-electron chi connectivity index (χ0n) is 11.4. The standard InChI is InChI=1S/C12H24N2O4/c1-10(2)5-8-18-9-6-13-12(17)14(3)7-4-11(15)16/h10H,4-9H2,1-3H3,(H,13,17)(H,15,16). The van der Waals surface area contributed by atoms with Crippen LogP contribution < -0.4 is 5.32 Å². The van der Waals surface area contributed by atoms with Crippen molar-refractivity contribution in [1.82, 2.24) is 10.2 Å². The highest BCUT2D eigenvalue weighted by molar-refractivity contribution is 5.74. The first-order valence-corrected chi connectivity index (χ1v) is 6.22. The topological polar surface area (TPSA) is 78.9 Å². The molecule has 0 aliphatic carbocycles. The van der Waals surface area contributed by atoms with Gasteiger partial charge in [-0.25, -0.2) is 4.79 Å². The number of amides is 2. The number of carboxylic acids is 1. The number of carbonyl (C=O) groups excluding carboxylic acids is 1. The Morgan fingerprint density at radius 3 is 2.56 bits per heavy atom. The van der Waals surface area contributed by atoms with E-state index in [1.54, 1.807) is 7.05 Å². The van der Waals surface area contributed by atoms with Gasteiger partial charge < -0.3 is 20.1 Å². The summed E-state index contributed by atoms with van der Waals surface area (Å²) >= 11 is 0. The van der Waals surface area contributed by atoms with Crippen LogP contribution in [0.5, 0.6) is 0 Å². The first kappa shape index (κ1) is 16.7. The molecular weight excluding hydrogens is 236 g/mol. The van der Waals surface area contributed by atoms with E-state index in [0.29, 0.717) is 25.7 Å². The molecule has 0 aromatic rings. The second kappa shape index (κ2) is 9.70. The van der Waals surface area contributed by atoms with Crippen molar-refractivity contribution in [2.75, 3.05) is 33.4 Å². The van der Waals surface area contributed by atoms with E-state index in [0.717, 1.165) is 6.42 Å². The van der Waals surface area contributed by atoms with Crippen molar-refractivity contribution < 1.29 is 19.4 Å². The summed E-state index contributed by atoms with van der Waals surface area (Å²) in [7, 11) is 1.57. The number of nitrogens with one attached hydrogen (secondary N) is 1. The summed E-state index contributed by atoms with van der Waals surface area (Å²) in [6.07, 6.45) is 0.960. The molecule has 0 saturated carbocycles. The lowest BCUT2D eigenvalue weighted by Gasteiger charge is -2.16. The molecule has 0 heterocycles. The SMILES string of the molecule is CC(C)CCOCCNC(=O)N(C)CCC(=O)O. The molecule has 6 heteroatoms. The molecule has 0 atom stereocenters. The molecule has 0 aromatic heterocycles. The number of ether oxygens (including phenoxy) is 1. The summed E-state index contributed by atoms with van der Waals surface area (Å²) in [6.45, 7) is 6.07. The van der Waals surface area contributed by atoms with Gasteiger partial charge in [-0.2, -0.15) is 0 Å². The number of aliphatic carboxylic acids is 1. The van der Waals surface area contributed by atoms with Gasteiger partial charge in [0, 0.05) is 26.7 Å². The Labute approximate surface area is 108 Å². The van der Waals surface area contributed by atoms with Gasteiger partial charge in [0.1, 0.15) is 0 Å². The van der Waals surface area contributed by atoms with Gasteiger partial charge in [0.05, 0.1) is 13.0 Å². The van der Waals surface area contributed by atoms with Crippen LogP contribution in [0.2, 0.25) is 0 Å². The molecule has 0 fully saturated rings. The fourth-order valence-corrected chi connectivity index (χ4v) is 1.15. The Morgan fingerprint density at radius 2 is 2.00 bits per heavy atom. The van der Waals surface area contributed by atoms with E-state index in [1.165, 1.54) is 4.90 Å². The molecule has 0 aliphatic heterocycles. The lowest BCUT2D eigenvalue weighted by molar-refractivity contribution is -0.137. The highest BCUT2D eigenvalue weighted by atomic mass is 16.5. The predicted octanol–water partition coefficient (Wildman–Crippen LogP) is 1.17. The van der Waals surface area contributed by atoms with E-state index in [-0.39, 0.29) is 19.0 Å². The summed E-state index contributed by atoms with van der Waals surface area (Å²) in [6, 6.07) is -0.274. The van der Waals surface area contributed by atoms with E-state index in [4.69, 9.17) is 9.84 Å². The zero-order chi connectivity index (χ0) is 14.0. The number of urea groups is 1. The van der Waals surface area contributed by atoms with Gasteiger partial charge in [0.2, 0.25) is 0 Å². The van der Waals surface area contributed by atoms with E-state index >= 15 is 0 Å². The average molecular weight is 260 g/mol. The quantitative estimate of drug-likeness (QED) is 0.610. The van der Waals surface area contributed by atoms with E-state index in [9.17, 15) is 9.59 Å². The molecule has 2 amide bonds. The fourth-order valence-electron chi connectivity index (χ4n) is 1.15. The monoisotopic (exact) mass is 260 g/mol. The van der Waals surface area contributed by atoms with Crippen LogP contribution in [0.1, 0.15) is 26.7 Å². The van der Waals surface area contributed by atoms with Crippen molar-refractivity contribution in [2.45, 2.75) is 26.7 Å². The molecule has 0 rings (SSSR count). The number of nitrogens with zero attached hydrogens (tertiary/aromatic N) is 1. The average Bonchev–Trinajstić information content (AvgIpc) is 2.29. The molecule has 2 N–H and O–H groups in total. The summed E-state index contributed by atoms with van der Waals surface area (Å²) in [5.41, 5.74) is 0. The molecule has 6 nitrogen and oxygen atoms in total. The van der Waals surface area contributed by atoms with Crippen LogP contribution in [0.3, 0.4) is 0 Å². The van der Waals surface area contributed by atoms with Gasteiger partial charge in [-0.15, -0.1) is 0 Å². The van der Waals surface area contributed by atoms with Crippen LogP contribution in [-0.2, 0) is 9.53 Å². The number of hydrogen-bond acceptors (Lipinski definition) is 3. The van der Waals surface area contributed by atoms with Gasteiger partial charge in [-0.1, -0.05) is 13.8 Å². The number of carboxylic acid groups (broad SMARTS) is 1. The Hall–Kier alpha value is -1.30. The zero-order valence-corrected chi connectivity index (χ0v) is 11.4. The Morgan fingerprint density at radius 1 is 1.33 bits per heavy atom. The van der Waals surface area contributed by atoms with Gasteiger partial charge in [-0.3, -0.25) is 4.79 Å². The van der Waals surface area contributed by atoms with Crippen LogP contribution in [-0.4, -0.2) is 55.4 Å². The van der Waals surface area contributed by atoms with Crippen LogP contribution in [0, 0.1) is 5.92 Å². The molecule has 106 valence electrons. The van der Waals surface area contributed by atoms with Crippen molar-refractivity contribution in [2.24, 2.45) is 5.92 Å². The number of hydrogen-bond donors (Lipinski definition) is 2. The maximum atomic E-state index is 11.5. The first-order chi connectivity index (χ1) is 8.43. The largest absolute Gasteiger partial charge is 0.481 e. The first-order valence-electron chi connectivity index (χ1n) is 6.22. The molecule has 0 saturated heterocycles. The minimum Gasteiger partial charge on any atom is -0.481 e. The van der Waals surface area contributed by atoms with Crippen molar-refractivity contribution in [3.63, 3.8) is 0 Å². The number of carbonyl (C=O) groups is 2. The van der Waals surface area contributed by atoms with Gasteiger partial charge >= 0.3 is 12.0 Å². The maximum Gasteiger partial charge on any atom is 0.317 e. The van der Waals surface area contributed by atoms with Crippen LogP contribution in [0.15, 0.2) is 0 Å². The van der Waals surface area contributed by atoms with Crippen LogP contribution in [0.25, 0.3) is 0 Å². The Kier molecular flexibility index (Phi) is 9.00. The molecule has 0 spiro atoms. The summed E-state index contributed by atoms with van der Waals surface area (Å²) < 4.78 is 5.35. The molecule has 0 aliphatic rings. The van der Waals surface area contributed by atoms with E-state index in [2.05, 4.69) is 19.2 Å². The van der Waals surface area contributed by atoms with Crippen molar-refractivity contribution in [3.05, 3.63) is 0 Å². The Bertz CT molecular complexity index is 256. The number of rotatable bonds is 9. The third-order valence-electron chi connectivity index (χ3n) is 2.37. The highest BCUT2D eigenvalue weighted by Crippen LogP contribution is 1.98. The van der Waals surface area contributed by atoms with Gasteiger partial charge in [-0.05, 0) is 12.3 Å². The molecule has 0 unspecified atom stereocenters. The van der Waals surface area contributed by atoms with Crippen LogP contribution in [0.4, 0.5) is 4.79 Å². The lowest BCUT2D eigenvalue weighted by Crippen LogP contribution is -2.39. The van der Waals surface area contributed by atoms with Crippen molar-refractivity contribution in [1.29, 1.82) is 0 Å². The van der Waals surface area contributed by atoms with E-state index < -0.39 is 5.97 Å². The Balaban J connectivity index is 3.49. The van der Waals surface area contributed by atoms with Gasteiger partial charge in [0.25, 0.3) is 0 Å². The molecule has 0 radical (unpaired) electrons. The molecule has 0 aromatic carbocycles. The normalized spacial score (nSPS) is 10.4. The maximum absolute atomic E-state index is 11.5. The molecule has 0 bridgehead atoms. The second-order valence-corrected chi connectivity index (χ2v) is 4.59. The van der Waals surface area contributed by atoms with E-state index in [1.807, 2.05) is 0 Å². The molecule has 18 heavy (non-hydrogen) atoms. The summed E-state index contributed by atoms with van der Waals surface area (Å²) in [4.78, 5) is 23.1. The summed E-state index contributed by atoms with van der Waals surface area (Å²) in [5, 5.41) is 11.1. The highest BCUT2D eigenvalue weighted by Gasteiger charge is 2.08. The lowest BCUT2D eigenvalue weighted by atomic mass is 10.1. The predicted molar refractivity (Wildman–Crippen MR) is 68.6 cm³/mol. The van der Waals surface area contributed by atoms with Crippen molar-refractivity contribution >= 4 is 12.0 Å². The van der Waals surface area contributed by atoms with Crippen molar-refractivity contribution in [3.8, 4) is 0 Å². The van der Waals surface area contributed by atoms with Gasteiger partial charge in [0.15, 0.2) is 0 Å². The smallest absolute Gasteiger partial charge is 0.317 e. The molecular formula is C12H24N2O4. The summed E-state index contributed by atoms with van der Waals surface area (Å²) in [5.74, 6) is -0.298. The fraction of sp³-hybridized carbons (Fsp3) is 0.833. The minimum absolute atomic E-state index is 0.0468. The third-order valence-corrected chi connectivity index (χ3v) is 2.37. The minimum atomic E-state index is -0.910.